The summed E-state index contributed by atoms with van der Waals surface area (Å²) in [7, 11) is -3.71. The Morgan fingerprint density at radius 3 is 2.20 bits per heavy atom. The maximum Gasteiger partial charge on any atom is 0.261 e. The number of halogens is 1. The number of benzene rings is 4. The van der Waals surface area contributed by atoms with Crippen LogP contribution in [0.3, 0.4) is 0 Å². The van der Waals surface area contributed by atoms with Gasteiger partial charge < -0.3 is 5.32 Å². The summed E-state index contributed by atoms with van der Waals surface area (Å²) in [5, 5.41) is 3.65. The highest BCUT2D eigenvalue weighted by atomic mass is 35.5. The number of carbonyl (C=O) groups excluding carboxylic acids is 1. The highest BCUT2D eigenvalue weighted by Crippen LogP contribution is 2.30. The second-order valence-corrected chi connectivity index (χ2v) is 11.0. The van der Waals surface area contributed by atoms with E-state index in [1.807, 2.05) is 55.5 Å². The van der Waals surface area contributed by atoms with Crippen molar-refractivity contribution in [2.75, 3.05) is 10.0 Å². The van der Waals surface area contributed by atoms with E-state index in [4.69, 9.17) is 11.6 Å². The average Bonchev–Trinajstić information content (AvgIpc) is 2.85. The molecule has 0 aliphatic rings. The zero-order valence-corrected chi connectivity index (χ0v) is 21.3. The lowest BCUT2D eigenvalue weighted by Crippen LogP contribution is -2.14. The van der Waals surface area contributed by atoms with Gasteiger partial charge in [0.05, 0.1) is 10.6 Å². The molecule has 0 aliphatic heterocycles. The van der Waals surface area contributed by atoms with Crippen molar-refractivity contribution >= 4 is 50.7 Å². The summed E-state index contributed by atoms with van der Waals surface area (Å²) >= 11 is 7.57. The summed E-state index contributed by atoms with van der Waals surface area (Å²) < 4.78 is 27.7. The molecule has 0 saturated carbocycles. The minimum atomic E-state index is -3.71. The number of hydrogen-bond donors (Lipinski definition) is 2. The summed E-state index contributed by atoms with van der Waals surface area (Å²) in [4.78, 5) is 14.0. The number of hydrogen-bond acceptors (Lipinski definition) is 4. The van der Waals surface area contributed by atoms with Gasteiger partial charge in [-0.25, -0.2) is 8.42 Å². The smallest absolute Gasteiger partial charge is 0.261 e. The molecule has 0 heterocycles. The third-order valence-corrected chi connectivity index (χ3v) is 7.97. The Morgan fingerprint density at radius 2 is 1.51 bits per heavy atom. The molecule has 0 unspecified atom stereocenters. The van der Waals surface area contributed by atoms with Crippen molar-refractivity contribution in [3.63, 3.8) is 0 Å². The molecule has 2 N–H and O–H groups in total. The third-order valence-electron chi connectivity index (χ3n) is 5.17. The number of nitrogens with one attached hydrogen (secondary N) is 2. The van der Waals surface area contributed by atoms with E-state index < -0.39 is 10.0 Å². The Bertz CT molecular complexity index is 1420. The van der Waals surface area contributed by atoms with Crippen LogP contribution < -0.4 is 10.0 Å². The van der Waals surface area contributed by atoms with Crippen molar-refractivity contribution in [3.8, 4) is 0 Å². The largest absolute Gasteiger partial charge is 0.321 e. The zero-order chi connectivity index (χ0) is 24.8. The maximum atomic E-state index is 12.9. The Hall–Kier alpha value is -3.26. The van der Waals surface area contributed by atoms with Crippen LogP contribution in [0.4, 0.5) is 11.4 Å². The number of anilines is 2. The number of carbonyl (C=O) groups is 1. The highest BCUT2D eigenvalue weighted by molar-refractivity contribution is 7.98. The molecule has 0 bridgehead atoms. The molecule has 0 fully saturated rings. The molecule has 4 aromatic carbocycles. The van der Waals surface area contributed by atoms with E-state index in [1.54, 1.807) is 60.3 Å². The van der Waals surface area contributed by atoms with Gasteiger partial charge in [-0.1, -0.05) is 53.6 Å². The van der Waals surface area contributed by atoms with Crippen molar-refractivity contribution in [1.29, 1.82) is 0 Å². The fraction of sp³-hybridized carbons (Fsp3) is 0.0741. The first kappa shape index (κ1) is 24.9. The van der Waals surface area contributed by atoms with Gasteiger partial charge in [0.15, 0.2) is 0 Å². The van der Waals surface area contributed by atoms with E-state index in [0.29, 0.717) is 22.0 Å². The predicted octanol–water partition coefficient (Wildman–Crippen LogP) is 6.99. The SMILES string of the molecule is Cc1ccc(S(=O)(=O)Nc2ccc(C(=O)Nc3ccccc3SCc3ccc(Cl)cc3)cc2)cc1. The Balaban J connectivity index is 1.41. The van der Waals surface area contributed by atoms with E-state index in [0.717, 1.165) is 21.8 Å². The first-order chi connectivity index (χ1) is 16.8. The van der Waals surface area contributed by atoms with E-state index in [2.05, 4.69) is 10.0 Å². The summed E-state index contributed by atoms with van der Waals surface area (Å²) in [6.45, 7) is 1.89. The van der Waals surface area contributed by atoms with E-state index in [-0.39, 0.29) is 10.8 Å². The molecule has 0 aromatic heterocycles. The lowest BCUT2D eigenvalue weighted by Gasteiger charge is -2.12. The topological polar surface area (TPSA) is 75.3 Å². The number of rotatable bonds is 8. The van der Waals surface area contributed by atoms with E-state index in [1.165, 1.54) is 0 Å². The normalized spacial score (nSPS) is 11.1. The molecular formula is C27H23ClN2O3S2. The molecule has 0 aliphatic carbocycles. The van der Waals surface area contributed by atoms with Gasteiger partial charge in [0.2, 0.25) is 0 Å². The van der Waals surface area contributed by atoms with Crippen LogP contribution in [-0.2, 0) is 15.8 Å². The summed E-state index contributed by atoms with van der Waals surface area (Å²) in [5.74, 6) is 0.456. The molecule has 1 amide bonds. The molecule has 178 valence electrons. The minimum absolute atomic E-state index is 0.178. The van der Waals surface area contributed by atoms with Crippen LogP contribution in [0.25, 0.3) is 0 Å². The molecule has 8 heteroatoms. The number of para-hydroxylation sites is 1. The second kappa shape index (κ2) is 11.0. The molecular weight excluding hydrogens is 500 g/mol. The molecule has 0 spiro atoms. The molecule has 5 nitrogen and oxygen atoms in total. The van der Waals surface area contributed by atoms with Gasteiger partial charge in [-0.15, -0.1) is 11.8 Å². The molecule has 0 atom stereocenters. The quantitative estimate of drug-likeness (QED) is 0.244. The van der Waals surface area contributed by atoms with Crippen LogP contribution in [0.5, 0.6) is 0 Å². The van der Waals surface area contributed by atoms with E-state index >= 15 is 0 Å². The Morgan fingerprint density at radius 1 is 0.857 bits per heavy atom. The van der Waals surface area contributed by atoms with Gasteiger partial charge >= 0.3 is 0 Å². The molecule has 0 radical (unpaired) electrons. The van der Waals surface area contributed by atoms with Crippen LogP contribution >= 0.6 is 23.4 Å². The number of amides is 1. The highest BCUT2D eigenvalue weighted by Gasteiger charge is 2.15. The van der Waals surface area contributed by atoms with Crippen molar-refractivity contribution < 1.29 is 13.2 Å². The lowest BCUT2D eigenvalue weighted by atomic mass is 10.2. The summed E-state index contributed by atoms with van der Waals surface area (Å²) in [6.07, 6.45) is 0. The van der Waals surface area contributed by atoms with Crippen molar-refractivity contribution in [2.24, 2.45) is 0 Å². The van der Waals surface area contributed by atoms with Gasteiger partial charge in [0, 0.05) is 26.9 Å². The Labute approximate surface area is 214 Å². The van der Waals surface area contributed by atoms with Crippen molar-refractivity contribution in [1.82, 2.24) is 0 Å². The number of aryl methyl sites for hydroxylation is 1. The minimum Gasteiger partial charge on any atom is -0.321 e. The molecule has 4 rings (SSSR count). The summed E-state index contributed by atoms with van der Waals surface area (Å²) in [6, 6.07) is 28.2. The van der Waals surface area contributed by atoms with Crippen LogP contribution in [0, 0.1) is 6.92 Å². The van der Waals surface area contributed by atoms with Crippen LogP contribution in [-0.4, -0.2) is 14.3 Å². The van der Waals surface area contributed by atoms with Gasteiger partial charge in [0.1, 0.15) is 0 Å². The van der Waals surface area contributed by atoms with Crippen LogP contribution in [0.2, 0.25) is 5.02 Å². The lowest BCUT2D eigenvalue weighted by molar-refractivity contribution is 0.102. The van der Waals surface area contributed by atoms with Gasteiger partial charge in [0.25, 0.3) is 15.9 Å². The first-order valence-corrected chi connectivity index (χ1v) is 13.6. The van der Waals surface area contributed by atoms with Crippen molar-refractivity contribution in [3.05, 3.63) is 119 Å². The average molecular weight is 523 g/mol. The fourth-order valence-corrected chi connectivity index (χ4v) is 5.40. The molecule has 0 saturated heterocycles. The predicted molar refractivity (Wildman–Crippen MR) is 144 cm³/mol. The standard InChI is InChI=1S/C27H23ClN2O3S2/c1-19-6-16-24(17-7-19)35(32,33)30-23-14-10-21(11-15-23)27(31)29-25-4-2-3-5-26(25)34-18-20-8-12-22(28)13-9-20/h2-17,30H,18H2,1H3,(H,29,31). The van der Waals surface area contributed by atoms with E-state index in [9.17, 15) is 13.2 Å². The monoisotopic (exact) mass is 522 g/mol. The van der Waals surface area contributed by atoms with Crippen LogP contribution in [0.15, 0.2) is 107 Å². The number of thioether (sulfide) groups is 1. The Kier molecular flexibility index (Phi) is 7.80. The van der Waals surface area contributed by atoms with Crippen molar-refractivity contribution in [2.45, 2.75) is 22.5 Å². The van der Waals surface area contributed by atoms with Crippen LogP contribution in [0.1, 0.15) is 21.5 Å². The van der Waals surface area contributed by atoms with Gasteiger partial charge in [-0.2, -0.15) is 0 Å². The molecule has 35 heavy (non-hydrogen) atoms. The number of sulfonamides is 1. The van der Waals surface area contributed by atoms with Gasteiger partial charge in [-0.05, 0) is 73.2 Å². The second-order valence-electron chi connectivity index (χ2n) is 7.86. The third kappa shape index (κ3) is 6.66. The van der Waals surface area contributed by atoms with Gasteiger partial charge in [-0.3, -0.25) is 9.52 Å². The zero-order valence-electron chi connectivity index (χ0n) is 18.9. The first-order valence-electron chi connectivity index (χ1n) is 10.8. The fourth-order valence-electron chi connectivity index (χ4n) is 3.25. The maximum absolute atomic E-state index is 12.9. The summed E-state index contributed by atoms with van der Waals surface area (Å²) in [5.41, 5.74) is 3.61. The molecule has 4 aromatic rings.